The molecule has 1 atom stereocenters. The van der Waals surface area contributed by atoms with Crippen LogP contribution in [-0.2, 0) is 84.5 Å². The van der Waals surface area contributed by atoms with E-state index in [4.69, 9.17) is 0 Å². The van der Waals surface area contributed by atoms with Crippen LogP contribution < -0.4 is 0 Å². The van der Waals surface area contributed by atoms with Gasteiger partial charge in [-0.2, -0.15) is 0 Å². The van der Waals surface area contributed by atoms with Crippen LogP contribution >= 0.6 is 0 Å². The fourth-order valence-electron chi connectivity index (χ4n) is 0.780. The van der Waals surface area contributed by atoms with Crippen molar-refractivity contribution in [3.8, 4) is 0 Å². The minimum atomic E-state index is -0.766. The molecule has 2 radical (unpaired) electrons. The van der Waals surface area contributed by atoms with Gasteiger partial charge >= 0.3 is 0 Å². The number of cyclic esters (lactones) is 1. The molecule has 0 amide bonds. The molecule has 0 spiro atoms. The Morgan fingerprint density at radius 1 is 1.38 bits per heavy atom. The van der Waals surface area contributed by atoms with E-state index in [2.05, 4.69) is 4.74 Å². The van der Waals surface area contributed by atoms with Gasteiger partial charge in [0.25, 0.3) is 0 Å². The Labute approximate surface area is 126 Å². The van der Waals surface area contributed by atoms with Crippen LogP contribution in [0.3, 0.4) is 0 Å². The van der Waals surface area contributed by atoms with Gasteiger partial charge in [0, 0.05) is 65.4 Å². The summed E-state index contributed by atoms with van der Waals surface area (Å²) in [4.78, 5) is 30.4. The van der Waals surface area contributed by atoms with Crippen LogP contribution in [-0.4, -0.2) is 24.6 Å². The van der Waals surface area contributed by atoms with Gasteiger partial charge in [-0.05, 0) is 6.29 Å². The average molecular weight is 330 g/mol. The van der Waals surface area contributed by atoms with Crippen LogP contribution in [0.25, 0.3) is 0 Å². The SMILES string of the molecule is O=[C-]CC1OC(=O)C=C1[C-]=O.[Y].[Y]. The number of esters is 1. The van der Waals surface area contributed by atoms with Crippen molar-refractivity contribution >= 4 is 18.5 Å². The zero-order valence-corrected chi connectivity index (χ0v) is 12.3. The Morgan fingerprint density at radius 2 is 2.00 bits per heavy atom. The fraction of sp³-hybridized carbons (Fsp3) is 0.286. The molecule has 0 bridgehead atoms. The minimum Gasteiger partial charge on any atom is -0.542 e. The van der Waals surface area contributed by atoms with E-state index in [1.807, 2.05) is 0 Å². The Morgan fingerprint density at radius 3 is 2.46 bits per heavy atom. The van der Waals surface area contributed by atoms with Crippen molar-refractivity contribution in [1.82, 2.24) is 0 Å². The second-order valence-electron chi connectivity index (χ2n) is 1.98. The Kier molecular flexibility index (Phi) is 10.1. The van der Waals surface area contributed by atoms with E-state index in [0.717, 1.165) is 6.08 Å². The van der Waals surface area contributed by atoms with Gasteiger partial charge in [0.05, 0.1) is 6.10 Å². The summed E-state index contributed by atoms with van der Waals surface area (Å²) >= 11 is 0. The molecule has 1 unspecified atom stereocenters. The molecule has 13 heavy (non-hydrogen) atoms. The first-order valence-electron chi connectivity index (χ1n) is 2.93. The number of ether oxygens (including phenoxy) is 1. The second kappa shape index (κ2) is 8.10. The maximum Gasteiger partial charge on any atom is 0.248 e. The average Bonchev–Trinajstić information content (AvgIpc) is 2.32. The van der Waals surface area contributed by atoms with Gasteiger partial charge in [0.1, 0.15) is 0 Å². The molecule has 1 aliphatic rings. The molecular weight excluding hydrogens is 326 g/mol. The molecule has 64 valence electrons. The molecule has 0 N–H and O–H groups in total. The minimum absolute atomic E-state index is 0. The van der Waals surface area contributed by atoms with Crippen LogP contribution in [0, 0.1) is 0 Å². The molecule has 1 heterocycles. The summed E-state index contributed by atoms with van der Waals surface area (Å²) in [5.74, 6) is -0.608. The van der Waals surface area contributed by atoms with Crippen molar-refractivity contribution in [2.24, 2.45) is 0 Å². The van der Waals surface area contributed by atoms with Crippen molar-refractivity contribution in [2.75, 3.05) is 0 Å². The maximum absolute atomic E-state index is 10.5. The third kappa shape index (κ3) is 4.68. The molecule has 0 fully saturated rings. The standard InChI is InChI=1S/C7H4O4.2Y/c8-2-1-6-5(4-9)3-7(10)11-6;;/h3,6H,1H2;;/q-2;;. The van der Waals surface area contributed by atoms with Crippen LogP contribution in [0.4, 0.5) is 0 Å². The molecule has 1 rings (SSSR count). The third-order valence-electron chi connectivity index (χ3n) is 1.27. The predicted molar refractivity (Wildman–Crippen MR) is 34.0 cm³/mol. The zero-order chi connectivity index (χ0) is 8.27. The van der Waals surface area contributed by atoms with Crippen molar-refractivity contribution in [3.05, 3.63) is 11.6 Å². The van der Waals surface area contributed by atoms with Crippen LogP contribution in [0.15, 0.2) is 11.6 Å². The molecule has 4 nitrogen and oxygen atoms in total. The van der Waals surface area contributed by atoms with Gasteiger partial charge in [-0.3, -0.25) is 11.1 Å². The van der Waals surface area contributed by atoms with Crippen LogP contribution in [0.5, 0.6) is 0 Å². The molecular formula is C7H4O4Y2-2. The van der Waals surface area contributed by atoms with Crippen molar-refractivity contribution in [3.63, 3.8) is 0 Å². The monoisotopic (exact) mass is 330 g/mol. The molecule has 1 aliphatic heterocycles. The molecule has 0 aromatic heterocycles. The second-order valence-corrected chi connectivity index (χ2v) is 1.98. The van der Waals surface area contributed by atoms with E-state index >= 15 is 0 Å². The molecule has 0 aromatic rings. The van der Waals surface area contributed by atoms with Gasteiger partial charge in [-0.1, -0.05) is 0 Å². The van der Waals surface area contributed by atoms with Crippen molar-refractivity contribution in [1.29, 1.82) is 0 Å². The largest absolute Gasteiger partial charge is 0.542 e. The number of carbonyl (C=O) groups excluding carboxylic acids is 3. The Hall–Kier alpha value is 0.758. The van der Waals surface area contributed by atoms with Crippen LogP contribution in [0.1, 0.15) is 6.42 Å². The van der Waals surface area contributed by atoms with Crippen molar-refractivity contribution < 1.29 is 84.5 Å². The van der Waals surface area contributed by atoms with Crippen LogP contribution in [0.2, 0.25) is 0 Å². The number of hydrogen-bond acceptors (Lipinski definition) is 4. The number of carbonyl (C=O) groups is 1. The summed E-state index contributed by atoms with van der Waals surface area (Å²) < 4.78 is 4.55. The normalized spacial score (nSPS) is 18.9. The van der Waals surface area contributed by atoms with E-state index in [9.17, 15) is 14.4 Å². The third-order valence-corrected chi connectivity index (χ3v) is 1.27. The maximum atomic E-state index is 10.5. The quantitative estimate of drug-likeness (QED) is 0.514. The van der Waals surface area contributed by atoms with Gasteiger partial charge in [-0.15, -0.1) is 18.1 Å². The van der Waals surface area contributed by atoms with E-state index in [1.54, 1.807) is 6.29 Å². The summed E-state index contributed by atoms with van der Waals surface area (Å²) in [6.07, 6.45) is 3.22. The summed E-state index contributed by atoms with van der Waals surface area (Å²) in [5.41, 5.74) is 0.0818. The zero-order valence-electron chi connectivity index (χ0n) is 6.65. The summed E-state index contributed by atoms with van der Waals surface area (Å²) in [6.45, 7) is 0. The first-order chi connectivity index (χ1) is 5.27. The predicted octanol–water partition coefficient (Wildman–Crippen LogP) is -0.557. The number of hydrogen-bond donors (Lipinski definition) is 0. The summed E-state index contributed by atoms with van der Waals surface area (Å²) in [5, 5.41) is 0. The smallest absolute Gasteiger partial charge is 0.248 e. The van der Waals surface area contributed by atoms with Gasteiger partial charge in [0.2, 0.25) is 5.97 Å². The van der Waals surface area contributed by atoms with Crippen molar-refractivity contribution in [2.45, 2.75) is 12.5 Å². The molecule has 6 heteroatoms. The number of rotatable bonds is 3. The van der Waals surface area contributed by atoms with Gasteiger partial charge in [0.15, 0.2) is 0 Å². The first-order valence-corrected chi connectivity index (χ1v) is 2.93. The van der Waals surface area contributed by atoms with E-state index in [0.29, 0.717) is 0 Å². The summed E-state index contributed by atoms with van der Waals surface area (Å²) in [7, 11) is 0. The van der Waals surface area contributed by atoms with E-state index in [1.165, 1.54) is 6.29 Å². The summed E-state index contributed by atoms with van der Waals surface area (Å²) in [6, 6.07) is 0. The molecule has 0 saturated heterocycles. The fourth-order valence-corrected chi connectivity index (χ4v) is 0.780. The molecule has 0 aromatic carbocycles. The topological polar surface area (TPSA) is 60.4 Å². The Balaban J connectivity index is 0. The molecule has 0 aliphatic carbocycles. The van der Waals surface area contributed by atoms with Gasteiger partial charge < -0.3 is 14.3 Å². The molecule has 0 saturated carbocycles. The van der Waals surface area contributed by atoms with E-state index in [-0.39, 0.29) is 77.4 Å². The van der Waals surface area contributed by atoms with Gasteiger partial charge in [-0.25, -0.2) is 0 Å². The first kappa shape index (κ1) is 16.2. The Bertz CT molecular complexity index is 237. The van der Waals surface area contributed by atoms with E-state index < -0.39 is 12.1 Å².